The van der Waals surface area contributed by atoms with Crippen molar-refractivity contribution < 1.29 is 8.78 Å². The minimum atomic E-state index is -0.621. The van der Waals surface area contributed by atoms with Gasteiger partial charge >= 0.3 is 0 Å². The Morgan fingerprint density at radius 1 is 1.04 bits per heavy atom. The first-order valence-electron chi connectivity index (χ1n) is 8.72. The van der Waals surface area contributed by atoms with E-state index in [1.165, 1.54) is 6.07 Å². The molecule has 4 nitrogen and oxygen atoms in total. The molecule has 0 bridgehead atoms. The van der Waals surface area contributed by atoms with Gasteiger partial charge < -0.3 is 10.2 Å². The highest BCUT2D eigenvalue weighted by Gasteiger charge is 2.16. The van der Waals surface area contributed by atoms with Crippen molar-refractivity contribution in [2.45, 2.75) is 13.8 Å². The number of hydrogen-bond donors (Lipinski definition) is 1. The molecule has 0 spiro atoms. The van der Waals surface area contributed by atoms with E-state index < -0.39 is 11.6 Å². The largest absolute Gasteiger partial charge is 0.354 e. The number of benzene rings is 1. The molecule has 0 unspecified atom stereocenters. The van der Waals surface area contributed by atoms with Gasteiger partial charge in [-0.25, -0.2) is 18.7 Å². The van der Waals surface area contributed by atoms with Crippen molar-refractivity contribution in [1.82, 2.24) is 15.3 Å². The van der Waals surface area contributed by atoms with Crippen molar-refractivity contribution in [2.75, 3.05) is 31.1 Å². The minimum absolute atomic E-state index is 0.326. The molecule has 0 radical (unpaired) electrons. The molecule has 26 heavy (non-hydrogen) atoms. The fourth-order valence-electron chi connectivity index (χ4n) is 3.48. The van der Waals surface area contributed by atoms with E-state index in [0.29, 0.717) is 16.6 Å². The van der Waals surface area contributed by atoms with Crippen LogP contribution in [-0.2, 0) is 0 Å². The fourth-order valence-corrected chi connectivity index (χ4v) is 3.48. The zero-order chi connectivity index (χ0) is 18.3. The normalized spacial score (nSPS) is 14.8. The van der Waals surface area contributed by atoms with Gasteiger partial charge in [0.25, 0.3) is 0 Å². The van der Waals surface area contributed by atoms with Crippen molar-refractivity contribution in [1.29, 1.82) is 0 Å². The maximum atomic E-state index is 14.2. The predicted molar refractivity (Wildman–Crippen MR) is 99.4 cm³/mol. The summed E-state index contributed by atoms with van der Waals surface area (Å²) in [5, 5.41) is 3.69. The highest BCUT2D eigenvalue weighted by molar-refractivity contribution is 5.87. The van der Waals surface area contributed by atoms with E-state index in [-0.39, 0.29) is 0 Å². The van der Waals surface area contributed by atoms with Crippen LogP contribution in [0.15, 0.2) is 30.5 Å². The van der Waals surface area contributed by atoms with Gasteiger partial charge in [0.15, 0.2) is 0 Å². The molecular formula is C20H20F2N4. The molecular weight excluding hydrogens is 334 g/mol. The van der Waals surface area contributed by atoms with Crippen LogP contribution < -0.4 is 10.2 Å². The van der Waals surface area contributed by atoms with Gasteiger partial charge in [0.05, 0.1) is 11.2 Å². The van der Waals surface area contributed by atoms with Crippen LogP contribution in [0.3, 0.4) is 0 Å². The van der Waals surface area contributed by atoms with Gasteiger partial charge in [0, 0.05) is 55.5 Å². The highest BCUT2D eigenvalue weighted by atomic mass is 19.1. The summed E-state index contributed by atoms with van der Waals surface area (Å²) in [5.74, 6) is -0.266. The molecule has 0 saturated carbocycles. The van der Waals surface area contributed by atoms with E-state index in [2.05, 4.69) is 20.2 Å². The molecule has 1 fully saturated rings. The van der Waals surface area contributed by atoms with E-state index in [0.717, 1.165) is 54.8 Å². The molecule has 3 aromatic rings. The summed E-state index contributed by atoms with van der Waals surface area (Å²) in [7, 11) is 0. The second-order valence-corrected chi connectivity index (χ2v) is 6.63. The fraction of sp³-hybridized carbons (Fsp3) is 0.300. The van der Waals surface area contributed by atoms with E-state index in [9.17, 15) is 8.78 Å². The van der Waals surface area contributed by atoms with Gasteiger partial charge in [-0.2, -0.15) is 0 Å². The summed E-state index contributed by atoms with van der Waals surface area (Å²) in [4.78, 5) is 11.3. The summed E-state index contributed by atoms with van der Waals surface area (Å²) in [6, 6.07) is 6.13. The molecule has 4 rings (SSSR count). The molecule has 1 aromatic carbocycles. The van der Waals surface area contributed by atoms with Crippen molar-refractivity contribution in [2.24, 2.45) is 0 Å². The second kappa shape index (κ2) is 6.61. The van der Waals surface area contributed by atoms with Crippen LogP contribution >= 0.6 is 0 Å². The van der Waals surface area contributed by atoms with Crippen LogP contribution in [0.25, 0.3) is 22.2 Å². The lowest BCUT2D eigenvalue weighted by Crippen LogP contribution is -2.43. The Morgan fingerprint density at radius 3 is 2.50 bits per heavy atom. The van der Waals surface area contributed by atoms with Crippen molar-refractivity contribution in [3.05, 3.63) is 53.2 Å². The van der Waals surface area contributed by atoms with Gasteiger partial charge in [0.1, 0.15) is 17.5 Å². The average Bonchev–Trinajstić information content (AvgIpc) is 2.65. The molecule has 134 valence electrons. The molecule has 3 heterocycles. The highest BCUT2D eigenvalue weighted by Crippen LogP contribution is 2.31. The van der Waals surface area contributed by atoms with Gasteiger partial charge in [-0.3, -0.25) is 0 Å². The SMILES string of the molecule is Cc1c(-c2ccc(N3CCNCC3)nc2)nc2cc(F)cc(F)c2c1C. The summed E-state index contributed by atoms with van der Waals surface area (Å²) >= 11 is 0. The number of nitrogens with one attached hydrogen (secondary N) is 1. The van der Waals surface area contributed by atoms with E-state index >= 15 is 0 Å². The first-order chi connectivity index (χ1) is 12.5. The Labute approximate surface area is 150 Å². The Balaban J connectivity index is 1.77. The standard InChI is InChI=1S/C20H20F2N4/c1-12-13(2)20(25-17-10-15(21)9-16(22)19(12)17)14-3-4-18(24-11-14)26-7-5-23-6-8-26/h3-4,9-11,23H,5-8H2,1-2H3. The topological polar surface area (TPSA) is 41.0 Å². The molecule has 1 aliphatic heterocycles. The lowest BCUT2D eigenvalue weighted by atomic mass is 9.99. The minimum Gasteiger partial charge on any atom is -0.354 e. The van der Waals surface area contributed by atoms with Crippen molar-refractivity contribution in [3.63, 3.8) is 0 Å². The summed E-state index contributed by atoms with van der Waals surface area (Å²) < 4.78 is 27.8. The zero-order valence-electron chi connectivity index (χ0n) is 14.8. The lowest BCUT2D eigenvalue weighted by molar-refractivity contribution is 0.585. The number of anilines is 1. The summed E-state index contributed by atoms with van der Waals surface area (Å²) in [5.41, 5.74) is 3.52. The van der Waals surface area contributed by atoms with Crippen LogP contribution in [0, 0.1) is 25.5 Å². The third-order valence-corrected chi connectivity index (χ3v) is 5.02. The Hall–Kier alpha value is -2.60. The van der Waals surface area contributed by atoms with E-state index in [1.807, 2.05) is 26.0 Å². The summed E-state index contributed by atoms with van der Waals surface area (Å²) in [6.07, 6.45) is 1.79. The van der Waals surface area contributed by atoms with Gasteiger partial charge in [-0.05, 0) is 37.1 Å². The van der Waals surface area contributed by atoms with Crippen LogP contribution in [0.1, 0.15) is 11.1 Å². The molecule has 1 aliphatic rings. The number of rotatable bonds is 2. The van der Waals surface area contributed by atoms with Gasteiger partial charge in [-0.1, -0.05) is 0 Å². The number of nitrogens with zero attached hydrogens (tertiary/aromatic N) is 3. The molecule has 1 saturated heterocycles. The maximum absolute atomic E-state index is 14.2. The van der Waals surface area contributed by atoms with Crippen molar-refractivity contribution >= 4 is 16.7 Å². The number of fused-ring (bicyclic) bond motifs is 1. The van der Waals surface area contributed by atoms with Crippen LogP contribution in [0.4, 0.5) is 14.6 Å². The summed E-state index contributed by atoms with van der Waals surface area (Å²) in [6.45, 7) is 7.50. The number of aromatic nitrogens is 2. The number of hydrogen-bond acceptors (Lipinski definition) is 4. The van der Waals surface area contributed by atoms with E-state index in [4.69, 9.17) is 0 Å². The zero-order valence-corrected chi connectivity index (χ0v) is 14.8. The first-order valence-corrected chi connectivity index (χ1v) is 8.72. The number of pyridine rings is 2. The van der Waals surface area contributed by atoms with Crippen LogP contribution in [-0.4, -0.2) is 36.1 Å². The smallest absolute Gasteiger partial charge is 0.135 e. The Bertz CT molecular complexity index is 964. The monoisotopic (exact) mass is 354 g/mol. The molecule has 2 aromatic heterocycles. The number of piperazine rings is 1. The molecule has 1 N–H and O–H groups in total. The Kier molecular flexibility index (Phi) is 4.28. The number of aryl methyl sites for hydroxylation is 1. The maximum Gasteiger partial charge on any atom is 0.135 e. The Morgan fingerprint density at radius 2 is 1.81 bits per heavy atom. The quantitative estimate of drug-likeness (QED) is 0.763. The van der Waals surface area contributed by atoms with E-state index in [1.54, 1.807) is 6.20 Å². The second-order valence-electron chi connectivity index (χ2n) is 6.63. The molecule has 0 atom stereocenters. The third-order valence-electron chi connectivity index (χ3n) is 5.02. The van der Waals surface area contributed by atoms with Crippen LogP contribution in [0.5, 0.6) is 0 Å². The number of halogens is 2. The van der Waals surface area contributed by atoms with Gasteiger partial charge in [-0.15, -0.1) is 0 Å². The predicted octanol–water partition coefficient (Wildman–Crippen LogP) is 3.60. The van der Waals surface area contributed by atoms with Crippen molar-refractivity contribution in [3.8, 4) is 11.3 Å². The van der Waals surface area contributed by atoms with Gasteiger partial charge in [0.2, 0.25) is 0 Å². The molecule has 0 aliphatic carbocycles. The molecule has 0 amide bonds. The van der Waals surface area contributed by atoms with Crippen LogP contribution in [0.2, 0.25) is 0 Å². The average molecular weight is 354 g/mol. The third kappa shape index (κ3) is 2.90. The first kappa shape index (κ1) is 16.8. The lowest BCUT2D eigenvalue weighted by Gasteiger charge is -2.28. The molecule has 6 heteroatoms.